The van der Waals surface area contributed by atoms with Gasteiger partial charge in [0, 0.05) is 0 Å². The number of carbonyl (C=O) groups excluding carboxylic acids is 1. The Labute approximate surface area is 180 Å². The molecule has 0 aliphatic heterocycles. The standard InChI is InChI=1S/C27H34N2O/c1-5-16(3)24-23(14-17(4)25(27(28)30)26(24)29-6-2)20-12-13-21(19-10-11-19)22(15-20)18-8-7-9-18/h6,12-16,18-19,29H,2,5,7-11H2,1,3-4H3,(H2,28,30). The van der Waals surface area contributed by atoms with Crippen molar-refractivity contribution in [3.05, 3.63) is 64.9 Å². The van der Waals surface area contributed by atoms with E-state index in [0.29, 0.717) is 11.5 Å². The van der Waals surface area contributed by atoms with E-state index >= 15 is 0 Å². The maximum absolute atomic E-state index is 12.3. The highest BCUT2D eigenvalue weighted by Gasteiger charge is 2.31. The van der Waals surface area contributed by atoms with Crippen LogP contribution in [0.5, 0.6) is 0 Å². The van der Waals surface area contributed by atoms with Crippen molar-refractivity contribution in [3.63, 3.8) is 0 Å². The quantitative estimate of drug-likeness (QED) is 0.500. The van der Waals surface area contributed by atoms with Crippen LogP contribution in [0.15, 0.2) is 37.0 Å². The summed E-state index contributed by atoms with van der Waals surface area (Å²) in [5, 5.41) is 3.25. The van der Waals surface area contributed by atoms with Crippen molar-refractivity contribution < 1.29 is 4.79 Å². The molecule has 2 aliphatic carbocycles. The van der Waals surface area contributed by atoms with Crippen LogP contribution in [0.1, 0.15) is 103 Å². The number of aryl methyl sites for hydroxylation is 1. The molecule has 0 saturated heterocycles. The molecule has 2 saturated carbocycles. The molecule has 0 bridgehead atoms. The van der Waals surface area contributed by atoms with Gasteiger partial charge >= 0.3 is 0 Å². The Kier molecular flexibility index (Phi) is 5.73. The highest BCUT2D eigenvalue weighted by Crippen LogP contribution is 2.49. The molecule has 4 rings (SSSR count). The summed E-state index contributed by atoms with van der Waals surface area (Å²) in [4.78, 5) is 12.3. The molecule has 2 aromatic carbocycles. The van der Waals surface area contributed by atoms with Crippen molar-refractivity contribution >= 4 is 11.6 Å². The van der Waals surface area contributed by atoms with E-state index in [4.69, 9.17) is 5.73 Å². The maximum atomic E-state index is 12.3. The van der Waals surface area contributed by atoms with E-state index in [0.717, 1.165) is 29.2 Å². The second kappa shape index (κ2) is 8.29. The van der Waals surface area contributed by atoms with Crippen molar-refractivity contribution in [2.45, 2.75) is 77.0 Å². The van der Waals surface area contributed by atoms with Crippen LogP contribution in [0, 0.1) is 6.92 Å². The summed E-state index contributed by atoms with van der Waals surface area (Å²) >= 11 is 0. The van der Waals surface area contributed by atoms with Crippen LogP contribution in [0.4, 0.5) is 5.69 Å². The van der Waals surface area contributed by atoms with E-state index in [1.807, 2.05) is 6.92 Å². The minimum absolute atomic E-state index is 0.288. The van der Waals surface area contributed by atoms with Gasteiger partial charge in [0.15, 0.2) is 0 Å². The maximum Gasteiger partial charge on any atom is 0.251 e. The first-order chi connectivity index (χ1) is 14.5. The summed E-state index contributed by atoms with van der Waals surface area (Å²) in [5.41, 5.74) is 14.8. The number of carbonyl (C=O) groups is 1. The SMILES string of the molecule is C=CNc1c(C(N)=O)c(C)cc(-c2ccc(C3CC3)c(C3CCC3)c2)c1C(C)CC. The molecule has 1 amide bonds. The molecule has 1 unspecified atom stereocenters. The minimum atomic E-state index is -0.396. The second-order valence-corrected chi connectivity index (χ2v) is 9.17. The number of hydrogen-bond acceptors (Lipinski definition) is 2. The fraction of sp³-hybridized carbons (Fsp3) is 0.444. The van der Waals surface area contributed by atoms with Crippen LogP contribution in [0.25, 0.3) is 11.1 Å². The molecule has 3 nitrogen and oxygen atoms in total. The molecule has 0 spiro atoms. The van der Waals surface area contributed by atoms with E-state index in [1.165, 1.54) is 43.2 Å². The number of anilines is 1. The van der Waals surface area contributed by atoms with E-state index in [9.17, 15) is 4.79 Å². The summed E-state index contributed by atoms with van der Waals surface area (Å²) in [5.74, 6) is 1.37. The zero-order valence-electron chi connectivity index (χ0n) is 18.6. The lowest BCUT2D eigenvalue weighted by molar-refractivity contribution is 0.100. The predicted octanol–water partition coefficient (Wildman–Crippen LogP) is 6.97. The van der Waals surface area contributed by atoms with Crippen molar-refractivity contribution in [2.75, 3.05) is 5.32 Å². The Morgan fingerprint density at radius 1 is 1.20 bits per heavy atom. The van der Waals surface area contributed by atoms with Gasteiger partial charge < -0.3 is 11.1 Å². The number of nitrogens with one attached hydrogen (secondary N) is 1. The Balaban J connectivity index is 1.93. The average Bonchev–Trinajstić information content (AvgIpc) is 3.50. The molecule has 2 aromatic rings. The first-order valence-electron chi connectivity index (χ1n) is 11.4. The highest BCUT2D eigenvalue weighted by molar-refractivity contribution is 6.02. The molecule has 158 valence electrons. The Morgan fingerprint density at radius 2 is 1.90 bits per heavy atom. The molecule has 30 heavy (non-hydrogen) atoms. The van der Waals surface area contributed by atoms with Crippen LogP contribution >= 0.6 is 0 Å². The Bertz CT molecular complexity index is 983. The van der Waals surface area contributed by atoms with Crippen molar-refractivity contribution in [1.82, 2.24) is 0 Å². The number of amides is 1. The summed E-state index contributed by atoms with van der Waals surface area (Å²) in [6.07, 6.45) is 9.25. The summed E-state index contributed by atoms with van der Waals surface area (Å²) in [6.45, 7) is 10.2. The highest BCUT2D eigenvalue weighted by atomic mass is 16.1. The Hall–Kier alpha value is -2.55. The molecule has 1 atom stereocenters. The number of primary amides is 1. The first-order valence-corrected chi connectivity index (χ1v) is 11.4. The molecule has 3 heteroatoms. The van der Waals surface area contributed by atoms with Gasteiger partial charge in [-0.05, 0) is 96.4 Å². The lowest BCUT2D eigenvalue weighted by Crippen LogP contribution is -2.17. The zero-order chi connectivity index (χ0) is 21.4. The van der Waals surface area contributed by atoms with Crippen LogP contribution in [0.2, 0.25) is 0 Å². The molecular formula is C27H34N2O. The van der Waals surface area contributed by atoms with Crippen molar-refractivity contribution in [3.8, 4) is 11.1 Å². The van der Waals surface area contributed by atoms with E-state index < -0.39 is 5.91 Å². The molecule has 0 heterocycles. The second-order valence-electron chi connectivity index (χ2n) is 9.17. The lowest BCUT2D eigenvalue weighted by atomic mass is 9.76. The van der Waals surface area contributed by atoms with Crippen molar-refractivity contribution in [2.24, 2.45) is 5.73 Å². The van der Waals surface area contributed by atoms with E-state index in [-0.39, 0.29) is 5.92 Å². The fourth-order valence-electron chi connectivity index (χ4n) is 4.94. The van der Waals surface area contributed by atoms with Gasteiger partial charge in [0.1, 0.15) is 0 Å². The number of rotatable bonds is 8. The number of hydrogen-bond donors (Lipinski definition) is 2. The van der Waals surface area contributed by atoms with Crippen molar-refractivity contribution in [1.29, 1.82) is 0 Å². The normalized spacial score (nSPS) is 17.3. The van der Waals surface area contributed by atoms with E-state index in [2.05, 4.69) is 50.0 Å². The molecule has 2 fully saturated rings. The van der Waals surface area contributed by atoms with Gasteiger partial charge in [0.2, 0.25) is 0 Å². The predicted molar refractivity (Wildman–Crippen MR) is 126 cm³/mol. The van der Waals surface area contributed by atoms with Gasteiger partial charge in [-0.1, -0.05) is 51.1 Å². The third-order valence-electron chi connectivity index (χ3n) is 7.12. The summed E-state index contributed by atoms with van der Waals surface area (Å²) in [7, 11) is 0. The number of nitrogens with two attached hydrogens (primary N) is 1. The molecular weight excluding hydrogens is 368 g/mol. The van der Waals surface area contributed by atoms with Gasteiger partial charge in [-0.2, -0.15) is 0 Å². The van der Waals surface area contributed by atoms with Crippen LogP contribution in [-0.2, 0) is 0 Å². The topological polar surface area (TPSA) is 55.1 Å². The largest absolute Gasteiger partial charge is 0.366 e. The molecule has 0 aromatic heterocycles. The third-order valence-corrected chi connectivity index (χ3v) is 7.12. The molecule has 3 N–H and O–H groups in total. The summed E-state index contributed by atoms with van der Waals surface area (Å²) in [6, 6.07) is 9.27. The van der Waals surface area contributed by atoms with Gasteiger partial charge in [-0.3, -0.25) is 4.79 Å². The monoisotopic (exact) mass is 402 g/mol. The van der Waals surface area contributed by atoms with Gasteiger partial charge in [-0.15, -0.1) is 0 Å². The van der Waals surface area contributed by atoms with Crippen LogP contribution in [-0.4, -0.2) is 5.91 Å². The summed E-state index contributed by atoms with van der Waals surface area (Å²) < 4.78 is 0. The first kappa shape index (κ1) is 20.7. The third kappa shape index (κ3) is 3.66. The van der Waals surface area contributed by atoms with Crippen LogP contribution < -0.4 is 11.1 Å². The van der Waals surface area contributed by atoms with Gasteiger partial charge in [-0.25, -0.2) is 0 Å². The Morgan fingerprint density at radius 3 is 2.43 bits per heavy atom. The zero-order valence-corrected chi connectivity index (χ0v) is 18.6. The molecule has 0 radical (unpaired) electrons. The minimum Gasteiger partial charge on any atom is -0.366 e. The van der Waals surface area contributed by atoms with Gasteiger partial charge in [0.25, 0.3) is 5.91 Å². The van der Waals surface area contributed by atoms with Crippen LogP contribution in [0.3, 0.4) is 0 Å². The lowest BCUT2D eigenvalue weighted by Gasteiger charge is -2.29. The number of benzene rings is 2. The fourth-order valence-corrected chi connectivity index (χ4v) is 4.94. The smallest absolute Gasteiger partial charge is 0.251 e. The van der Waals surface area contributed by atoms with Gasteiger partial charge in [0.05, 0.1) is 11.3 Å². The molecule has 2 aliphatic rings. The average molecular weight is 403 g/mol. The van der Waals surface area contributed by atoms with E-state index in [1.54, 1.807) is 17.3 Å².